The number of nitrogens with zero attached hydrogens (tertiary/aromatic N) is 3. The fraction of sp³-hybridized carbons (Fsp3) is 0.214. The van der Waals surface area contributed by atoms with Gasteiger partial charge in [-0.15, -0.1) is 0 Å². The maximum absolute atomic E-state index is 11.8. The van der Waals surface area contributed by atoms with Gasteiger partial charge in [0.15, 0.2) is 0 Å². The lowest BCUT2D eigenvalue weighted by Gasteiger charge is -2.11. The lowest BCUT2D eigenvalue weighted by atomic mass is 10.3. The van der Waals surface area contributed by atoms with Crippen LogP contribution in [0.25, 0.3) is 0 Å². The Hall–Kier alpha value is -2.34. The predicted octanol–water partition coefficient (Wildman–Crippen LogP) is 2.52. The number of benzene rings is 1. The molecule has 0 atom stereocenters. The number of rotatable bonds is 4. The number of aromatic nitrogens is 2. The second-order valence-corrected chi connectivity index (χ2v) is 5.00. The van der Waals surface area contributed by atoms with Crippen molar-refractivity contribution in [2.45, 2.75) is 6.54 Å². The van der Waals surface area contributed by atoms with Gasteiger partial charge in [-0.1, -0.05) is 17.7 Å². The first-order valence-corrected chi connectivity index (χ1v) is 6.72. The van der Waals surface area contributed by atoms with Crippen molar-refractivity contribution >= 4 is 29.3 Å². The van der Waals surface area contributed by atoms with E-state index in [2.05, 4.69) is 20.6 Å². The molecule has 110 valence electrons. The van der Waals surface area contributed by atoms with Gasteiger partial charge in [-0.05, 0) is 24.3 Å². The van der Waals surface area contributed by atoms with Crippen LogP contribution in [0.1, 0.15) is 5.69 Å². The van der Waals surface area contributed by atoms with Gasteiger partial charge in [0.1, 0.15) is 0 Å². The largest absolute Gasteiger partial charge is 0.347 e. The fourth-order valence-corrected chi connectivity index (χ4v) is 1.80. The molecule has 2 amide bonds. The highest BCUT2D eigenvalue weighted by molar-refractivity contribution is 6.30. The molecular weight excluding hydrogens is 290 g/mol. The molecule has 0 saturated carbocycles. The van der Waals surface area contributed by atoms with Crippen molar-refractivity contribution in [1.82, 2.24) is 15.3 Å². The minimum atomic E-state index is -0.317. The van der Waals surface area contributed by atoms with Gasteiger partial charge in [-0.2, -0.15) is 0 Å². The van der Waals surface area contributed by atoms with Crippen LogP contribution in [0.4, 0.5) is 16.4 Å². The minimum absolute atomic E-state index is 0.315. The van der Waals surface area contributed by atoms with Crippen LogP contribution < -0.4 is 15.5 Å². The van der Waals surface area contributed by atoms with E-state index in [-0.39, 0.29) is 6.03 Å². The third kappa shape index (κ3) is 4.61. The molecule has 0 saturated heterocycles. The number of hydrogen-bond donors (Lipinski definition) is 2. The molecule has 1 heterocycles. The summed E-state index contributed by atoms with van der Waals surface area (Å²) in [6.07, 6.45) is 1.66. The van der Waals surface area contributed by atoms with Gasteiger partial charge in [0.05, 0.1) is 12.2 Å². The molecule has 0 radical (unpaired) electrons. The molecule has 2 rings (SSSR count). The average molecular weight is 306 g/mol. The first-order valence-electron chi connectivity index (χ1n) is 6.34. The highest BCUT2D eigenvalue weighted by atomic mass is 35.5. The van der Waals surface area contributed by atoms with Crippen molar-refractivity contribution in [2.75, 3.05) is 24.3 Å². The van der Waals surface area contributed by atoms with Crippen LogP contribution >= 0.6 is 11.6 Å². The first kappa shape index (κ1) is 15.1. The Balaban J connectivity index is 1.90. The van der Waals surface area contributed by atoms with Crippen LogP contribution in [0.5, 0.6) is 0 Å². The summed E-state index contributed by atoms with van der Waals surface area (Å²) in [5, 5.41) is 6.00. The minimum Gasteiger partial charge on any atom is -0.347 e. The maximum Gasteiger partial charge on any atom is 0.319 e. The third-order valence-electron chi connectivity index (χ3n) is 2.61. The Morgan fingerprint density at radius 2 is 2.14 bits per heavy atom. The van der Waals surface area contributed by atoms with Crippen LogP contribution in [0.15, 0.2) is 36.5 Å². The summed E-state index contributed by atoms with van der Waals surface area (Å²) < 4.78 is 0. The van der Waals surface area contributed by atoms with Gasteiger partial charge in [-0.25, -0.2) is 14.8 Å². The van der Waals surface area contributed by atoms with Gasteiger partial charge in [0.25, 0.3) is 0 Å². The van der Waals surface area contributed by atoms with E-state index in [4.69, 9.17) is 11.6 Å². The van der Waals surface area contributed by atoms with E-state index in [1.54, 1.807) is 41.4 Å². The third-order valence-corrected chi connectivity index (χ3v) is 2.85. The highest BCUT2D eigenvalue weighted by Gasteiger charge is 2.05. The summed E-state index contributed by atoms with van der Waals surface area (Å²) in [6, 6.07) is 8.39. The molecule has 2 aromatic rings. The van der Waals surface area contributed by atoms with Crippen molar-refractivity contribution in [3.8, 4) is 0 Å². The molecule has 6 nitrogen and oxygen atoms in total. The molecule has 1 aromatic heterocycles. The lowest BCUT2D eigenvalue weighted by molar-refractivity contribution is 0.251. The van der Waals surface area contributed by atoms with Crippen LogP contribution in [0.2, 0.25) is 5.02 Å². The number of nitrogens with one attached hydrogen (secondary N) is 2. The molecule has 7 heteroatoms. The predicted molar refractivity (Wildman–Crippen MR) is 83.7 cm³/mol. The zero-order valence-electron chi connectivity index (χ0n) is 11.8. The topological polar surface area (TPSA) is 70.2 Å². The average Bonchev–Trinajstić information content (AvgIpc) is 2.45. The number of hydrogen-bond acceptors (Lipinski definition) is 4. The van der Waals surface area contributed by atoms with Crippen molar-refractivity contribution in [1.29, 1.82) is 0 Å². The number of anilines is 2. The van der Waals surface area contributed by atoms with Gasteiger partial charge < -0.3 is 15.5 Å². The Kier molecular flexibility index (Phi) is 4.94. The van der Waals surface area contributed by atoms with E-state index >= 15 is 0 Å². The van der Waals surface area contributed by atoms with Gasteiger partial charge >= 0.3 is 6.03 Å². The number of carbonyl (C=O) groups is 1. The van der Waals surface area contributed by atoms with E-state index in [9.17, 15) is 4.79 Å². The summed E-state index contributed by atoms with van der Waals surface area (Å²) in [7, 11) is 3.72. The van der Waals surface area contributed by atoms with Crippen LogP contribution in [-0.2, 0) is 6.54 Å². The molecule has 0 aliphatic carbocycles. The SMILES string of the molecule is CN(C)c1nccc(CNC(=O)Nc2cccc(Cl)c2)n1. The number of halogens is 1. The molecular formula is C14H16ClN5O. The molecule has 2 N–H and O–H groups in total. The quantitative estimate of drug-likeness (QED) is 0.910. The molecule has 1 aromatic carbocycles. The zero-order valence-corrected chi connectivity index (χ0v) is 12.6. The second kappa shape index (κ2) is 6.90. The Labute approximate surface area is 128 Å². The van der Waals surface area contributed by atoms with Crippen molar-refractivity contribution < 1.29 is 4.79 Å². The summed E-state index contributed by atoms with van der Waals surface area (Å²) >= 11 is 5.86. The number of amides is 2. The normalized spacial score (nSPS) is 10.0. The molecule has 0 fully saturated rings. The zero-order chi connectivity index (χ0) is 15.2. The smallest absolute Gasteiger partial charge is 0.319 e. The maximum atomic E-state index is 11.8. The van der Waals surface area contributed by atoms with Gasteiger partial charge in [0, 0.05) is 31.0 Å². The standard InChI is InChI=1S/C14H16ClN5O/c1-20(2)13-16-7-6-12(18-13)9-17-14(21)19-11-5-3-4-10(15)8-11/h3-8H,9H2,1-2H3,(H2,17,19,21). The Morgan fingerprint density at radius 1 is 1.33 bits per heavy atom. The van der Waals surface area contributed by atoms with Crippen molar-refractivity contribution in [3.05, 3.63) is 47.2 Å². The molecule has 21 heavy (non-hydrogen) atoms. The summed E-state index contributed by atoms with van der Waals surface area (Å²) in [4.78, 5) is 22.0. The van der Waals surface area contributed by atoms with Gasteiger partial charge in [-0.3, -0.25) is 0 Å². The molecule has 0 aliphatic heterocycles. The molecule has 0 spiro atoms. The number of carbonyl (C=O) groups excluding carboxylic acids is 1. The fourth-order valence-electron chi connectivity index (χ4n) is 1.61. The second-order valence-electron chi connectivity index (χ2n) is 4.56. The summed E-state index contributed by atoms with van der Waals surface area (Å²) in [5.41, 5.74) is 1.37. The van der Waals surface area contributed by atoms with Gasteiger partial charge in [0.2, 0.25) is 5.95 Å². The Morgan fingerprint density at radius 3 is 2.86 bits per heavy atom. The van der Waals surface area contributed by atoms with Crippen LogP contribution in [0.3, 0.4) is 0 Å². The lowest BCUT2D eigenvalue weighted by Crippen LogP contribution is -2.28. The number of urea groups is 1. The first-order chi connectivity index (χ1) is 10.0. The Bertz CT molecular complexity index is 632. The van der Waals surface area contributed by atoms with Crippen molar-refractivity contribution in [2.24, 2.45) is 0 Å². The van der Waals surface area contributed by atoms with E-state index in [1.807, 2.05) is 14.1 Å². The summed E-state index contributed by atoms with van der Waals surface area (Å²) in [5.74, 6) is 0.601. The van der Waals surface area contributed by atoms with Crippen molar-refractivity contribution in [3.63, 3.8) is 0 Å². The molecule has 0 aliphatic rings. The molecule has 0 bridgehead atoms. The molecule has 0 unspecified atom stereocenters. The van der Waals surface area contributed by atoms with E-state index in [1.165, 1.54) is 0 Å². The van der Waals surface area contributed by atoms with E-state index < -0.39 is 0 Å². The van der Waals surface area contributed by atoms with Crippen LogP contribution in [0, 0.1) is 0 Å². The monoisotopic (exact) mass is 305 g/mol. The summed E-state index contributed by atoms with van der Waals surface area (Å²) in [6.45, 7) is 0.315. The van der Waals surface area contributed by atoms with E-state index in [0.717, 1.165) is 5.69 Å². The van der Waals surface area contributed by atoms with E-state index in [0.29, 0.717) is 23.2 Å². The highest BCUT2D eigenvalue weighted by Crippen LogP contribution is 2.14. The van der Waals surface area contributed by atoms with Crippen LogP contribution in [-0.4, -0.2) is 30.1 Å².